The number of nitrogens with zero attached hydrogens (tertiary/aromatic N) is 5. The van der Waals surface area contributed by atoms with Crippen LogP contribution in [0.3, 0.4) is 0 Å². The lowest BCUT2D eigenvalue weighted by Gasteiger charge is -2.04. The van der Waals surface area contributed by atoms with Gasteiger partial charge >= 0.3 is 5.97 Å². The number of carboxylic acid groups (broad SMARTS) is 1. The van der Waals surface area contributed by atoms with E-state index >= 15 is 0 Å². The molecule has 2 aromatic rings. The Balaban J connectivity index is 2.02. The molecule has 0 aromatic carbocycles. The van der Waals surface area contributed by atoms with Crippen LogP contribution in [-0.4, -0.2) is 35.6 Å². The highest BCUT2D eigenvalue weighted by molar-refractivity contribution is 5.84. The summed E-state index contributed by atoms with van der Waals surface area (Å²) in [6.07, 6.45) is 3.18. The van der Waals surface area contributed by atoms with Crippen LogP contribution in [0, 0.1) is 13.8 Å². The van der Waals surface area contributed by atoms with Gasteiger partial charge in [-0.3, -0.25) is 0 Å². The second kappa shape index (κ2) is 4.36. The molecule has 17 heavy (non-hydrogen) atoms. The zero-order chi connectivity index (χ0) is 12.4. The summed E-state index contributed by atoms with van der Waals surface area (Å²) in [7, 11) is 0. The second-order valence-electron chi connectivity index (χ2n) is 3.78. The van der Waals surface area contributed by atoms with Gasteiger partial charge < -0.3 is 9.67 Å². The fraction of sp³-hybridized carbons (Fsp3) is 0.400. The van der Waals surface area contributed by atoms with Crippen molar-refractivity contribution in [2.45, 2.75) is 26.9 Å². The zero-order valence-electron chi connectivity index (χ0n) is 9.66. The molecule has 0 saturated carbocycles. The quantitative estimate of drug-likeness (QED) is 0.833. The molecule has 1 N–H and O–H groups in total. The normalized spacial score (nSPS) is 10.7. The minimum atomic E-state index is -1.06. The van der Waals surface area contributed by atoms with Gasteiger partial charge in [-0.25, -0.2) is 14.5 Å². The standard InChI is InChI=1S/C10H13N5O2/c1-7-8(2)14(6-11-7)3-4-15-5-9(10(16)17)12-13-15/h5-6H,3-4H2,1-2H3,(H,16,17). The van der Waals surface area contributed by atoms with Crippen molar-refractivity contribution in [3.8, 4) is 0 Å². The number of aromatic nitrogens is 5. The molecule has 0 amide bonds. The van der Waals surface area contributed by atoms with Gasteiger partial charge in [0.05, 0.1) is 24.8 Å². The number of aromatic carboxylic acids is 1. The van der Waals surface area contributed by atoms with Crippen LogP contribution < -0.4 is 0 Å². The summed E-state index contributed by atoms with van der Waals surface area (Å²) in [6, 6.07) is 0. The average Bonchev–Trinajstić information content (AvgIpc) is 2.86. The Labute approximate surface area is 97.7 Å². The Kier molecular flexibility index (Phi) is 2.90. The molecule has 0 bridgehead atoms. The SMILES string of the molecule is Cc1ncn(CCn2cc(C(=O)O)nn2)c1C. The van der Waals surface area contributed by atoms with E-state index in [4.69, 9.17) is 5.11 Å². The number of hydrogen-bond donors (Lipinski definition) is 1. The van der Waals surface area contributed by atoms with Crippen LogP contribution in [0.5, 0.6) is 0 Å². The van der Waals surface area contributed by atoms with Gasteiger partial charge in [-0.1, -0.05) is 5.21 Å². The van der Waals surface area contributed by atoms with E-state index in [9.17, 15) is 4.79 Å². The largest absolute Gasteiger partial charge is 0.476 e. The molecule has 2 rings (SSSR count). The summed E-state index contributed by atoms with van der Waals surface area (Å²) >= 11 is 0. The monoisotopic (exact) mass is 235 g/mol. The smallest absolute Gasteiger partial charge is 0.358 e. The van der Waals surface area contributed by atoms with Crippen LogP contribution in [-0.2, 0) is 13.1 Å². The minimum Gasteiger partial charge on any atom is -0.476 e. The Morgan fingerprint density at radius 1 is 1.41 bits per heavy atom. The Hall–Kier alpha value is -2.18. The molecule has 90 valence electrons. The van der Waals surface area contributed by atoms with E-state index in [1.807, 2.05) is 18.4 Å². The third kappa shape index (κ3) is 2.32. The van der Waals surface area contributed by atoms with E-state index in [1.165, 1.54) is 10.9 Å². The maximum atomic E-state index is 10.6. The van der Waals surface area contributed by atoms with Gasteiger partial charge in [0.15, 0.2) is 5.69 Å². The second-order valence-corrected chi connectivity index (χ2v) is 3.78. The average molecular weight is 235 g/mol. The Morgan fingerprint density at radius 2 is 2.18 bits per heavy atom. The fourth-order valence-electron chi connectivity index (χ4n) is 1.49. The van der Waals surface area contributed by atoms with Gasteiger partial charge in [0.25, 0.3) is 0 Å². The zero-order valence-corrected chi connectivity index (χ0v) is 9.66. The van der Waals surface area contributed by atoms with Crippen LogP contribution in [0.15, 0.2) is 12.5 Å². The Bertz CT molecular complexity index is 543. The third-order valence-electron chi connectivity index (χ3n) is 2.67. The van der Waals surface area contributed by atoms with Crippen molar-refractivity contribution >= 4 is 5.97 Å². The van der Waals surface area contributed by atoms with Crippen molar-refractivity contribution in [1.82, 2.24) is 24.5 Å². The number of hydrogen-bond acceptors (Lipinski definition) is 4. The van der Waals surface area contributed by atoms with Crippen molar-refractivity contribution in [1.29, 1.82) is 0 Å². The van der Waals surface area contributed by atoms with Crippen LogP contribution in [0.1, 0.15) is 21.9 Å². The van der Waals surface area contributed by atoms with Gasteiger partial charge in [0.2, 0.25) is 0 Å². The molecule has 0 unspecified atom stereocenters. The molecular weight excluding hydrogens is 222 g/mol. The molecule has 2 aromatic heterocycles. The molecule has 0 radical (unpaired) electrons. The molecule has 0 aliphatic carbocycles. The van der Waals surface area contributed by atoms with Crippen LogP contribution >= 0.6 is 0 Å². The number of carboxylic acids is 1. The highest BCUT2D eigenvalue weighted by Gasteiger charge is 2.08. The summed E-state index contributed by atoms with van der Waals surface area (Å²) in [4.78, 5) is 14.8. The first-order chi connectivity index (χ1) is 8.08. The molecule has 0 fully saturated rings. The summed E-state index contributed by atoms with van der Waals surface area (Å²) in [5, 5.41) is 16.0. The van der Waals surface area contributed by atoms with Crippen molar-refractivity contribution in [2.24, 2.45) is 0 Å². The molecule has 0 saturated heterocycles. The Morgan fingerprint density at radius 3 is 2.71 bits per heavy atom. The predicted octanol–water partition coefficient (Wildman–Crippen LogP) is 0.490. The summed E-state index contributed by atoms with van der Waals surface area (Å²) < 4.78 is 3.51. The molecule has 0 atom stereocenters. The van der Waals surface area contributed by atoms with Crippen molar-refractivity contribution in [2.75, 3.05) is 0 Å². The first-order valence-corrected chi connectivity index (χ1v) is 5.19. The van der Waals surface area contributed by atoms with Crippen LogP contribution in [0.4, 0.5) is 0 Å². The van der Waals surface area contributed by atoms with E-state index in [0.717, 1.165) is 11.4 Å². The summed E-state index contributed by atoms with van der Waals surface area (Å²) in [6.45, 7) is 5.20. The van der Waals surface area contributed by atoms with Gasteiger partial charge in [-0.15, -0.1) is 5.10 Å². The van der Waals surface area contributed by atoms with Crippen LogP contribution in [0.2, 0.25) is 0 Å². The van der Waals surface area contributed by atoms with E-state index in [0.29, 0.717) is 13.1 Å². The highest BCUT2D eigenvalue weighted by atomic mass is 16.4. The lowest BCUT2D eigenvalue weighted by Crippen LogP contribution is -2.08. The van der Waals surface area contributed by atoms with E-state index < -0.39 is 5.97 Å². The molecule has 0 aliphatic rings. The number of aryl methyl sites for hydroxylation is 3. The van der Waals surface area contributed by atoms with Crippen LogP contribution in [0.25, 0.3) is 0 Å². The minimum absolute atomic E-state index is 0.0384. The molecule has 7 heteroatoms. The van der Waals surface area contributed by atoms with Gasteiger partial charge in [-0.05, 0) is 13.8 Å². The van der Waals surface area contributed by atoms with Crippen molar-refractivity contribution in [3.05, 3.63) is 29.6 Å². The van der Waals surface area contributed by atoms with Gasteiger partial charge in [0, 0.05) is 12.2 Å². The lowest BCUT2D eigenvalue weighted by atomic mass is 10.4. The first-order valence-electron chi connectivity index (χ1n) is 5.19. The van der Waals surface area contributed by atoms with E-state index in [-0.39, 0.29) is 5.69 Å². The molecule has 2 heterocycles. The number of imidazole rings is 1. The summed E-state index contributed by atoms with van der Waals surface area (Å²) in [5.74, 6) is -1.06. The molecule has 7 nitrogen and oxygen atoms in total. The topological polar surface area (TPSA) is 85.8 Å². The highest BCUT2D eigenvalue weighted by Crippen LogP contribution is 2.04. The van der Waals surface area contributed by atoms with Crippen molar-refractivity contribution < 1.29 is 9.90 Å². The lowest BCUT2D eigenvalue weighted by molar-refractivity contribution is 0.0690. The van der Waals surface area contributed by atoms with Crippen molar-refractivity contribution in [3.63, 3.8) is 0 Å². The number of rotatable bonds is 4. The third-order valence-corrected chi connectivity index (χ3v) is 2.67. The predicted molar refractivity (Wildman–Crippen MR) is 58.7 cm³/mol. The maximum absolute atomic E-state index is 10.6. The first kappa shape index (κ1) is 11.3. The van der Waals surface area contributed by atoms with Gasteiger partial charge in [-0.2, -0.15) is 0 Å². The number of carbonyl (C=O) groups is 1. The fourth-order valence-corrected chi connectivity index (χ4v) is 1.49. The molecule has 0 aliphatic heterocycles. The molecular formula is C10H13N5O2. The van der Waals surface area contributed by atoms with E-state index in [1.54, 1.807) is 6.33 Å². The summed E-state index contributed by atoms with van der Waals surface area (Å²) in [5.41, 5.74) is 2.06. The van der Waals surface area contributed by atoms with Gasteiger partial charge in [0.1, 0.15) is 0 Å². The van der Waals surface area contributed by atoms with E-state index in [2.05, 4.69) is 15.3 Å². The molecule has 0 spiro atoms. The maximum Gasteiger partial charge on any atom is 0.358 e.